The Morgan fingerprint density at radius 3 is 2.62 bits per heavy atom. The summed E-state index contributed by atoms with van der Waals surface area (Å²) in [4.78, 5) is 23.4. The van der Waals surface area contributed by atoms with Crippen LogP contribution in [0.15, 0.2) is 36.4 Å². The maximum absolute atomic E-state index is 12.6. The molecule has 1 atom stereocenters. The molecule has 0 spiro atoms. The molecule has 1 amide bonds. The van der Waals surface area contributed by atoms with Crippen molar-refractivity contribution in [2.24, 2.45) is 0 Å². The maximum atomic E-state index is 12.6. The van der Waals surface area contributed by atoms with Crippen LogP contribution in [0.2, 0.25) is 0 Å². The highest BCUT2D eigenvalue weighted by atomic mass is 16.1. The summed E-state index contributed by atoms with van der Waals surface area (Å²) < 4.78 is 1.67. The lowest BCUT2D eigenvalue weighted by Crippen LogP contribution is -2.36. The average molecular weight is 352 g/mol. The van der Waals surface area contributed by atoms with Gasteiger partial charge in [0.1, 0.15) is 0 Å². The minimum absolute atomic E-state index is 0.0853. The smallest absolute Gasteiger partial charge is 0.252 e. The van der Waals surface area contributed by atoms with Gasteiger partial charge in [0.05, 0.1) is 12.5 Å². The standard InChI is InChI=1S/C19H24N6O/c1-13-10-14(2)25-19(20-13)22-17(23-25)11-18(26)21-16(12-24(3)4)15-8-6-5-7-9-15/h5-10,16H,11-12H2,1-4H3,(H,21,26). The Balaban J connectivity index is 1.75. The summed E-state index contributed by atoms with van der Waals surface area (Å²) in [7, 11) is 3.98. The third-order valence-corrected chi connectivity index (χ3v) is 4.07. The van der Waals surface area contributed by atoms with Crippen LogP contribution < -0.4 is 5.32 Å². The minimum atomic E-state index is -0.106. The molecule has 0 aliphatic carbocycles. The second-order valence-electron chi connectivity index (χ2n) is 6.75. The molecule has 7 nitrogen and oxygen atoms in total. The summed E-state index contributed by atoms with van der Waals surface area (Å²) in [6, 6.07) is 11.8. The van der Waals surface area contributed by atoms with Crippen LogP contribution in [0.3, 0.4) is 0 Å². The first kappa shape index (κ1) is 18.0. The number of carbonyl (C=O) groups excluding carboxylic acids is 1. The molecule has 0 radical (unpaired) electrons. The Kier molecular flexibility index (Phi) is 5.27. The summed E-state index contributed by atoms with van der Waals surface area (Å²) >= 11 is 0. The van der Waals surface area contributed by atoms with Crippen LogP contribution in [0, 0.1) is 13.8 Å². The first-order valence-electron chi connectivity index (χ1n) is 8.61. The van der Waals surface area contributed by atoms with E-state index in [4.69, 9.17) is 0 Å². The highest BCUT2D eigenvalue weighted by Gasteiger charge is 2.17. The second-order valence-corrected chi connectivity index (χ2v) is 6.75. The Morgan fingerprint density at radius 1 is 1.19 bits per heavy atom. The van der Waals surface area contributed by atoms with E-state index in [1.807, 2.05) is 64.3 Å². The predicted molar refractivity (Wildman–Crippen MR) is 99.8 cm³/mol. The first-order chi connectivity index (χ1) is 12.4. The van der Waals surface area contributed by atoms with E-state index in [1.54, 1.807) is 4.52 Å². The van der Waals surface area contributed by atoms with Gasteiger partial charge in [-0.1, -0.05) is 30.3 Å². The number of benzene rings is 1. The van der Waals surface area contributed by atoms with E-state index in [9.17, 15) is 4.79 Å². The van der Waals surface area contributed by atoms with Crippen molar-refractivity contribution in [1.82, 2.24) is 29.8 Å². The lowest BCUT2D eigenvalue weighted by Gasteiger charge is -2.22. The zero-order chi connectivity index (χ0) is 18.7. The lowest BCUT2D eigenvalue weighted by atomic mass is 10.1. The van der Waals surface area contributed by atoms with Gasteiger partial charge in [0.25, 0.3) is 5.78 Å². The van der Waals surface area contributed by atoms with Crippen molar-refractivity contribution < 1.29 is 4.79 Å². The number of fused-ring (bicyclic) bond motifs is 1. The first-order valence-corrected chi connectivity index (χ1v) is 8.61. The van der Waals surface area contributed by atoms with Gasteiger partial charge in [-0.15, -0.1) is 5.10 Å². The van der Waals surface area contributed by atoms with Crippen LogP contribution >= 0.6 is 0 Å². The third kappa shape index (κ3) is 4.23. The van der Waals surface area contributed by atoms with Crippen molar-refractivity contribution in [3.8, 4) is 0 Å². The summed E-state index contributed by atoms with van der Waals surface area (Å²) in [5.74, 6) is 0.893. The van der Waals surface area contributed by atoms with E-state index < -0.39 is 0 Å². The number of aryl methyl sites for hydroxylation is 2. The van der Waals surface area contributed by atoms with E-state index in [2.05, 4.69) is 25.3 Å². The molecule has 2 heterocycles. The van der Waals surface area contributed by atoms with Crippen molar-refractivity contribution in [2.45, 2.75) is 26.3 Å². The molecular formula is C19H24N6O. The van der Waals surface area contributed by atoms with Crippen LogP contribution in [0.4, 0.5) is 0 Å². The number of hydrogen-bond acceptors (Lipinski definition) is 5. The number of nitrogens with zero attached hydrogens (tertiary/aromatic N) is 5. The maximum Gasteiger partial charge on any atom is 0.252 e. The quantitative estimate of drug-likeness (QED) is 0.731. The van der Waals surface area contributed by atoms with Crippen LogP contribution in [0.1, 0.15) is 28.8 Å². The van der Waals surface area contributed by atoms with Crippen molar-refractivity contribution in [3.05, 3.63) is 59.2 Å². The predicted octanol–water partition coefficient (Wildman–Crippen LogP) is 1.70. The zero-order valence-corrected chi connectivity index (χ0v) is 15.6. The molecule has 7 heteroatoms. The number of likely N-dealkylation sites (N-methyl/N-ethyl adjacent to an activating group) is 1. The van der Waals surface area contributed by atoms with Crippen LogP contribution in [0.25, 0.3) is 5.78 Å². The average Bonchev–Trinajstić information content (AvgIpc) is 2.97. The molecule has 136 valence electrons. The Hall–Kier alpha value is -2.80. The number of rotatable bonds is 6. The fraction of sp³-hybridized carbons (Fsp3) is 0.368. The summed E-state index contributed by atoms with van der Waals surface area (Å²) in [6.45, 7) is 4.58. The van der Waals surface area contributed by atoms with E-state index in [0.717, 1.165) is 17.0 Å². The van der Waals surface area contributed by atoms with Gasteiger partial charge in [-0.25, -0.2) is 9.50 Å². The van der Waals surface area contributed by atoms with Gasteiger partial charge in [-0.3, -0.25) is 4.79 Å². The van der Waals surface area contributed by atoms with Gasteiger partial charge >= 0.3 is 0 Å². The highest BCUT2D eigenvalue weighted by Crippen LogP contribution is 2.14. The molecule has 0 saturated carbocycles. The SMILES string of the molecule is Cc1cc(C)n2nc(CC(=O)NC(CN(C)C)c3ccccc3)nc2n1. The van der Waals surface area contributed by atoms with Gasteiger partial charge < -0.3 is 10.2 Å². The Morgan fingerprint density at radius 2 is 1.92 bits per heavy atom. The normalized spacial score (nSPS) is 12.5. The van der Waals surface area contributed by atoms with Crippen LogP contribution in [-0.4, -0.2) is 51.0 Å². The minimum Gasteiger partial charge on any atom is -0.348 e. The van der Waals surface area contributed by atoms with E-state index in [-0.39, 0.29) is 18.4 Å². The number of aromatic nitrogens is 4. The van der Waals surface area contributed by atoms with E-state index >= 15 is 0 Å². The molecule has 0 bridgehead atoms. The molecule has 0 aliphatic rings. The zero-order valence-electron chi connectivity index (χ0n) is 15.6. The molecule has 26 heavy (non-hydrogen) atoms. The third-order valence-electron chi connectivity index (χ3n) is 4.07. The molecule has 1 aromatic carbocycles. The summed E-state index contributed by atoms with van der Waals surface area (Å²) in [5, 5.41) is 7.50. The molecule has 2 aromatic heterocycles. The van der Waals surface area contributed by atoms with Crippen LogP contribution in [-0.2, 0) is 11.2 Å². The topological polar surface area (TPSA) is 75.4 Å². The lowest BCUT2D eigenvalue weighted by molar-refractivity contribution is -0.121. The molecule has 3 rings (SSSR count). The number of carbonyl (C=O) groups is 1. The fourth-order valence-electron chi connectivity index (χ4n) is 2.96. The fourth-order valence-corrected chi connectivity index (χ4v) is 2.96. The van der Waals surface area contributed by atoms with Crippen molar-refractivity contribution in [2.75, 3.05) is 20.6 Å². The van der Waals surface area contributed by atoms with E-state index in [0.29, 0.717) is 18.1 Å². The highest BCUT2D eigenvalue weighted by molar-refractivity contribution is 5.78. The second kappa shape index (κ2) is 7.61. The van der Waals surface area contributed by atoms with E-state index in [1.165, 1.54) is 0 Å². The van der Waals surface area contributed by atoms with Crippen molar-refractivity contribution in [3.63, 3.8) is 0 Å². The largest absolute Gasteiger partial charge is 0.348 e. The van der Waals surface area contributed by atoms with Crippen molar-refractivity contribution >= 4 is 11.7 Å². The summed E-state index contributed by atoms with van der Waals surface area (Å²) in [6.07, 6.45) is 0.124. The molecule has 0 fully saturated rings. The molecular weight excluding hydrogens is 328 g/mol. The monoisotopic (exact) mass is 352 g/mol. The Labute approximate surface area is 153 Å². The number of amides is 1. The van der Waals surface area contributed by atoms with Gasteiger partial charge in [0, 0.05) is 17.9 Å². The Bertz CT molecular complexity index is 903. The molecule has 0 saturated heterocycles. The van der Waals surface area contributed by atoms with Gasteiger partial charge in [-0.05, 0) is 39.6 Å². The number of nitrogens with one attached hydrogen (secondary N) is 1. The molecule has 1 N–H and O–H groups in total. The molecule has 0 aliphatic heterocycles. The molecule has 1 unspecified atom stereocenters. The van der Waals surface area contributed by atoms with Crippen LogP contribution in [0.5, 0.6) is 0 Å². The van der Waals surface area contributed by atoms with Gasteiger partial charge in [0.2, 0.25) is 5.91 Å². The number of hydrogen-bond donors (Lipinski definition) is 1. The van der Waals surface area contributed by atoms with Crippen molar-refractivity contribution in [1.29, 1.82) is 0 Å². The van der Waals surface area contributed by atoms with Gasteiger partial charge in [-0.2, -0.15) is 4.98 Å². The summed E-state index contributed by atoms with van der Waals surface area (Å²) in [5.41, 5.74) is 2.90. The van der Waals surface area contributed by atoms with Gasteiger partial charge in [0.15, 0.2) is 5.82 Å². The molecule has 3 aromatic rings.